The highest BCUT2D eigenvalue weighted by molar-refractivity contribution is 14.1. The third-order valence-corrected chi connectivity index (χ3v) is 5.35. The lowest BCUT2D eigenvalue weighted by Gasteiger charge is -2.08. The molecule has 0 fully saturated rings. The van der Waals surface area contributed by atoms with Crippen LogP contribution in [0.5, 0.6) is 0 Å². The maximum atomic E-state index is 14.0. The van der Waals surface area contributed by atoms with Crippen LogP contribution in [0, 0.1) is 9.39 Å². The van der Waals surface area contributed by atoms with Gasteiger partial charge in [0, 0.05) is 14.3 Å². The number of hydrogen-bond donors (Lipinski definition) is 0. The zero-order chi connectivity index (χ0) is 11.9. The SMILES string of the molecule is CSc1nc(Cl)cc2c(F)c(Br)c(I)cc12. The lowest BCUT2D eigenvalue weighted by atomic mass is 10.2. The normalized spacial score (nSPS) is 11.1. The molecular weight excluding hydrogens is 427 g/mol. The summed E-state index contributed by atoms with van der Waals surface area (Å²) in [5.41, 5.74) is 0. The predicted molar refractivity (Wildman–Crippen MR) is 78.9 cm³/mol. The van der Waals surface area contributed by atoms with Crippen LogP contribution in [-0.4, -0.2) is 11.2 Å². The van der Waals surface area contributed by atoms with E-state index in [0.29, 0.717) is 15.0 Å². The molecule has 6 heteroatoms. The van der Waals surface area contributed by atoms with Crippen LogP contribution in [0.4, 0.5) is 4.39 Å². The van der Waals surface area contributed by atoms with Gasteiger partial charge in [0.15, 0.2) is 0 Å². The minimum atomic E-state index is -0.290. The molecule has 0 saturated heterocycles. The second-order valence-corrected chi connectivity index (χ2v) is 6.17. The van der Waals surface area contributed by atoms with Crippen LogP contribution in [-0.2, 0) is 0 Å². The molecule has 1 aromatic heterocycles. The van der Waals surface area contributed by atoms with Crippen molar-refractivity contribution in [2.45, 2.75) is 5.03 Å². The summed E-state index contributed by atoms with van der Waals surface area (Å²) in [7, 11) is 0. The first-order chi connectivity index (χ1) is 7.54. The van der Waals surface area contributed by atoms with Gasteiger partial charge >= 0.3 is 0 Å². The van der Waals surface area contributed by atoms with Crippen molar-refractivity contribution < 1.29 is 4.39 Å². The van der Waals surface area contributed by atoms with Crippen molar-refractivity contribution in [2.75, 3.05) is 6.26 Å². The molecule has 0 atom stereocenters. The van der Waals surface area contributed by atoms with Gasteiger partial charge in [-0.15, -0.1) is 11.8 Å². The fourth-order valence-electron chi connectivity index (χ4n) is 1.39. The standard InChI is InChI=1S/C10H5BrClFINS/c1-16-10-5-2-6(14)8(11)9(13)4(5)3-7(12)15-10/h2-3H,1H3. The Hall–Kier alpha value is 0.410. The van der Waals surface area contributed by atoms with Crippen LogP contribution in [0.1, 0.15) is 0 Å². The van der Waals surface area contributed by atoms with Gasteiger partial charge in [-0.2, -0.15) is 0 Å². The average Bonchev–Trinajstić information content (AvgIpc) is 2.26. The number of halogens is 4. The zero-order valence-electron chi connectivity index (χ0n) is 8.02. The molecule has 0 aliphatic heterocycles. The largest absolute Gasteiger partial charge is 0.229 e. The van der Waals surface area contributed by atoms with E-state index in [-0.39, 0.29) is 5.82 Å². The number of pyridine rings is 1. The molecule has 0 saturated carbocycles. The van der Waals surface area contributed by atoms with Gasteiger partial charge in [0.1, 0.15) is 16.0 Å². The van der Waals surface area contributed by atoms with Crippen molar-refractivity contribution in [1.29, 1.82) is 0 Å². The Morgan fingerprint density at radius 3 is 2.75 bits per heavy atom. The maximum absolute atomic E-state index is 14.0. The highest BCUT2D eigenvalue weighted by Gasteiger charge is 2.13. The molecule has 0 radical (unpaired) electrons. The van der Waals surface area contributed by atoms with E-state index in [1.807, 2.05) is 12.3 Å². The summed E-state index contributed by atoms with van der Waals surface area (Å²) in [4.78, 5) is 4.17. The smallest absolute Gasteiger partial charge is 0.146 e. The molecule has 0 spiro atoms. The summed E-state index contributed by atoms with van der Waals surface area (Å²) >= 11 is 12.6. The van der Waals surface area contributed by atoms with E-state index in [1.54, 1.807) is 6.07 Å². The molecule has 2 aromatic rings. The number of thioether (sulfide) groups is 1. The molecule has 1 aromatic carbocycles. The molecule has 0 aliphatic rings. The van der Waals surface area contributed by atoms with Crippen LogP contribution in [0.3, 0.4) is 0 Å². The second kappa shape index (κ2) is 4.96. The van der Waals surface area contributed by atoms with Crippen LogP contribution >= 0.6 is 61.9 Å². The number of fused-ring (bicyclic) bond motifs is 1. The van der Waals surface area contributed by atoms with Gasteiger partial charge in [0.25, 0.3) is 0 Å². The highest BCUT2D eigenvalue weighted by atomic mass is 127. The number of nitrogens with zero attached hydrogens (tertiary/aromatic N) is 1. The topological polar surface area (TPSA) is 12.9 Å². The molecule has 16 heavy (non-hydrogen) atoms. The van der Waals surface area contributed by atoms with Gasteiger partial charge in [-0.25, -0.2) is 9.37 Å². The first kappa shape index (κ1) is 12.9. The van der Waals surface area contributed by atoms with Gasteiger partial charge in [0.2, 0.25) is 0 Å². The predicted octanol–water partition coefficient (Wildman–Crippen LogP) is 5.12. The van der Waals surface area contributed by atoms with Crippen molar-refractivity contribution in [3.05, 3.63) is 31.1 Å². The van der Waals surface area contributed by atoms with E-state index in [0.717, 1.165) is 14.0 Å². The molecule has 0 N–H and O–H groups in total. The Labute approximate surface area is 123 Å². The zero-order valence-corrected chi connectivity index (χ0v) is 13.3. The highest BCUT2D eigenvalue weighted by Crippen LogP contribution is 2.34. The molecule has 0 aliphatic carbocycles. The van der Waals surface area contributed by atoms with Gasteiger partial charge in [-0.3, -0.25) is 0 Å². The van der Waals surface area contributed by atoms with Crippen molar-refractivity contribution in [3.63, 3.8) is 0 Å². The summed E-state index contributed by atoms with van der Waals surface area (Å²) < 4.78 is 15.3. The van der Waals surface area contributed by atoms with Crippen molar-refractivity contribution in [3.8, 4) is 0 Å². The van der Waals surface area contributed by atoms with Crippen LogP contribution in [0.2, 0.25) is 5.15 Å². The number of benzene rings is 1. The molecule has 1 heterocycles. The summed E-state index contributed by atoms with van der Waals surface area (Å²) in [5, 5.41) is 2.34. The van der Waals surface area contributed by atoms with Gasteiger partial charge < -0.3 is 0 Å². The van der Waals surface area contributed by atoms with Crippen LogP contribution in [0.15, 0.2) is 21.6 Å². The lowest BCUT2D eigenvalue weighted by Crippen LogP contribution is -1.91. The molecule has 84 valence electrons. The van der Waals surface area contributed by atoms with E-state index < -0.39 is 0 Å². The fraction of sp³-hybridized carbons (Fsp3) is 0.100. The first-order valence-corrected chi connectivity index (χ1v) is 7.69. The molecular formula is C10H5BrClFINS. The fourth-order valence-corrected chi connectivity index (χ4v) is 3.09. The number of hydrogen-bond acceptors (Lipinski definition) is 2. The number of aromatic nitrogens is 1. The summed E-state index contributed by atoms with van der Waals surface area (Å²) in [5.74, 6) is -0.290. The van der Waals surface area contributed by atoms with Gasteiger partial charge in [0.05, 0.1) is 4.47 Å². The van der Waals surface area contributed by atoms with E-state index >= 15 is 0 Å². The van der Waals surface area contributed by atoms with Crippen molar-refractivity contribution in [2.24, 2.45) is 0 Å². The minimum absolute atomic E-state index is 0.290. The van der Waals surface area contributed by atoms with Crippen molar-refractivity contribution in [1.82, 2.24) is 4.98 Å². The summed E-state index contributed by atoms with van der Waals surface area (Å²) in [6, 6.07) is 3.45. The molecule has 2 rings (SSSR count). The van der Waals surface area contributed by atoms with Gasteiger partial charge in [-0.1, -0.05) is 11.6 Å². The van der Waals surface area contributed by atoms with Crippen LogP contribution in [0.25, 0.3) is 10.8 Å². The second-order valence-electron chi connectivity index (χ2n) is 3.04. The molecule has 0 unspecified atom stereocenters. The third kappa shape index (κ3) is 2.19. The van der Waals surface area contributed by atoms with E-state index in [2.05, 4.69) is 43.5 Å². The van der Waals surface area contributed by atoms with Gasteiger partial charge in [-0.05, 0) is 56.9 Å². The Kier molecular flexibility index (Phi) is 3.98. The summed E-state index contributed by atoms with van der Waals surface area (Å²) in [6.07, 6.45) is 1.89. The summed E-state index contributed by atoms with van der Waals surface area (Å²) in [6.45, 7) is 0. The molecule has 0 bridgehead atoms. The Bertz CT molecular complexity index is 578. The van der Waals surface area contributed by atoms with E-state index in [4.69, 9.17) is 11.6 Å². The average molecular weight is 432 g/mol. The Morgan fingerprint density at radius 2 is 2.12 bits per heavy atom. The monoisotopic (exact) mass is 431 g/mol. The third-order valence-electron chi connectivity index (χ3n) is 2.10. The minimum Gasteiger partial charge on any atom is -0.229 e. The quantitative estimate of drug-likeness (QED) is 0.269. The lowest BCUT2D eigenvalue weighted by molar-refractivity contribution is 0.632. The van der Waals surface area contributed by atoms with E-state index in [1.165, 1.54) is 11.8 Å². The van der Waals surface area contributed by atoms with Crippen molar-refractivity contribution >= 4 is 72.7 Å². The first-order valence-electron chi connectivity index (χ1n) is 4.22. The number of rotatable bonds is 1. The molecule has 0 amide bonds. The van der Waals surface area contributed by atoms with Crippen LogP contribution < -0.4 is 0 Å². The van der Waals surface area contributed by atoms with E-state index in [9.17, 15) is 4.39 Å². The molecule has 1 nitrogen and oxygen atoms in total. The Morgan fingerprint density at radius 1 is 1.44 bits per heavy atom. The Balaban J connectivity index is 2.94. The maximum Gasteiger partial charge on any atom is 0.146 e.